The number of hydrogen-bond donors (Lipinski definition) is 1. The fourth-order valence-electron chi connectivity index (χ4n) is 2.35. The van der Waals surface area contributed by atoms with Crippen molar-refractivity contribution in [2.45, 2.75) is 18.9 Å². The molecule has 142 valence electrons. The smallest absolute Gasteiger partial charge is 0.247 e. The van der Waals surface area contributed by atoms with Gasteiger partial charge in [-0.2, -0.15) is 0 Å². The maximum atomic E-state index is 12.6. The van der Waals surface area contributed by atoms with Crippen molar-refractivity contribution in [3.63, 3.8) is 0 Å². The molecule has 9 nitrogen and oxygen atoms in total. The number of ketones is 1. The molecule has 3 rings (SSSR count). The van der Waals surface area contributed by atoms with Gasteiger partial charge in [0, 0.05) is 5.56 Å². The van der Waals surface area contributed by atoms with Crippen LogP contribution in [0.15, 0.2) is 45.6 Å². The fraction of sp³-hybridized carbons (Fsp3) is 0.176. The van der Waals surface area contributed by atoms with Gasteiger partial charge in [-0.05, 0) is 25.4 Å². The Morgan fingerprint density at radius 2 is 2.00 bits per heavy atom. The van der Waals surface area contributed by atoms with Crippen LogP contribution >= 0.6 is 11.5 Å². The molecular formula is C17H14N6O3S2. The quantitative estimate of drug-likeness (QED) is 0.479. The minimum atomic E-state index is -3.99. The Hall–Kier alpha value is -3.23. The van der Waals surface area contributed by atoms with E-state index in [-0.39, 0.29) is 27.4 Å². The van der Waals surface area contributed by atoms with Crippen LogP contribution in [0, 0.1) is 13.5 Å². The second kappa shape index (κ2) is 7.79. The van der Waals surface area contributed by atoms with E-state index in [1.807, 2.05) is 6.07 Å². The average molecular weight is 414 g/mol. The molecule has 0 unspecified atom stereocenters. The van der Waals surface area contributed by atoms with Gasteiger partial charge < -0.3 is 4.98 Å². The number of nitrogens with zero attached hydrogens (tertiary/aromatic N) is 5. The highest BCUT2D eigenvalue weighted by atomic mass is 32.2. The number of rotatable bonds is 6. The molecule has 0 spiro atoms. The van der Waals surface area contributed by atoms with Gasteiger partial charge in [-0.25, -0.2) is 22.6 Å². The molecule has 0 bridgehead atoms. The molecule has 0 saturated heterocycles. The summed E-state index contributed by atoms with van der Waals surface area (Å²) in [5, 5.41) is 7.86. The molecule has 1 aromatic carbocycles. The van der Waals surface area contributed by atoms with Crippen LogP contribution in [0.2, 0.25) is 0 Å². The van der Waals surface area contributed by atoms with E-state index >= 15 is 0 Å². The first-order valence-electron chi connectivity index (χ1n) is 7.95. The van der Waals surface area contributed by atoms with Crippen LogP contribution in [0.4, 0.5) is 16.5 Å². The molecule has 11 heteroatoms. The van der Waals surface area contributed by atoms with Gasteiger partial charge in [0.2, 0.25) is 21.3 Å². The van der Waals surface area contributed by atoms with Gasteiger partial charge in [-0.15, -0.1) is 10.2 Å². The molecule has 1 N–H and O–H groups in total. The number of sulfone groups is 1. The highest BCUT2D eigenvalue weighted by Crippen LogP contribution is 2.37. The third-order valence-corrected chi connectivity index (χ3v) is 6.07. The molecule has 3 aromatic rings. The van der Waals surface area contributed by atoms with E-state index in [1.165, 1.54) is 6.92 Å². The zero-order valence-electron chi connectivity index (χ0n) is 14.9. The van der Waals surface area contributed by atoms with Crippen molar-refractivity contribution in [1.82, 2.24) is 14.3 Å². The lowest BCUT2D eigenvalue weighted by atomic mass is 10.2. The van der Waals surface area contributed by atoms with Crippen molar-refractivity contribution >= 4 is 43.7 Å². The van der Waals surface area contributed by atoms with Crippen molar-refractivity contribution in [3.8, 4) is 11.4 Å². The van der Waals surface area contributed by atoms with Crippen LogP contribution in [0.3, 0.4) is 0 Å². The highest BCUT2D eigenvalue weighted by molar-refractivity contribution is 7.92. The van der Waals surface area contributed by atoms with Crippen molar-refractivity contribution in [2.75, 3.05) is 5.75 Å². The first-order chi connectivity index (χ1) is 13.3. The Labute approximate surface area is 165 Å². The van der Waals surface area contributed by atoms with Gasteiger partial charge in [0.25, 0.3) is 0 Å². The Morgan fingerprint density at radius 3 is 2.64 bits per heavy atom. The number of hydrogen-bond acceptors (Lipinski definition) is 8. The number of carbonyl (C=O) groups is 1. The molecule has 0 radical (unpaired) electrons. The summed E-state index contributed by atoms with van der Waals surface area (Å²) in [6.07, 6.45) is 0. The van der Waals surface area contributed by atoms with Crippen molar-refractivity contribution < 1.29 is 13.2 Å². The lowest BCUT2D eigenvalue weighted by Crippen LogP contribution is -2.14. The Bertz CT molecular complexity index is 1200. The lowest BCUT2D eigenvalue weighted by molar-refractivity contribution is -0.114. The topological polar surface area (TPSA) is 122 Å². The monoisotopic (exact) mass is 414 g/mol. The number of aryl methyl sites for hydroxylation is 1. The molecular weight excluding hydrogens is 400 g/mol. The maximum Gasteiger partial charge on any atom is 0.247 e. The Balaban J connectivity index is 2.10. The van der Waals surface area contributed by atoms with Crippen LogP contribution in [0.1, 0.15) is 12.6 Å². The first kappa shape index (κ1) is 19.5. The number of carbonyl (C=O) groups excluding carboxylic acids is 1. The van der Waals surface area contributed by atoms with Crippen LogP contribution < -0.4 is 0 Å². The number of nitrogens with one attached hydrogen (secondary N) is 1. The Morgan fingerprint density at radius 1 is 1.29 bits per heavy atom. The summed E-state index contributed by atoms with van der Waals surface area (Å²) in [6.45, 7) is 10.1. The van der Waals surface area contributed by atoms with Crippen LogP contribution in [-0.4, -0.2) is 34.3 Å². The number of aromatic nitrogens is 3. The highest BCUT2D eigenvalue weighted by Gasteiger charge is 2.26. The summed E-state index contributed by atoms with van der Waals surface area (Å²) in [5.74, 6) is -1.09. The third-order valence-electron chi connectivity index (χ3n) is 3.57. The van der Waals surface area contributed by atoms with E-state index in [1.54, 1.807) is 31.2 Å². The molecule has 0 fully saturated rings. The number of imidazole rings is 1. The van der Waals surface area contributed by atoms with Crippen LogP contribution in [0.25, 0.3) is 16.2 Å². The summed E-state index contributed by atoms with van der Waals surface area (Å²) < 4.78 is 29.2. The minimum Gasteiger partial charge on any atom is -0.327 e. The average Bonchev–Trinajstić information content (AvgIpc) is 3.23. The number of benzene rings is 1. The van der Waals surface area contributed by atoms with E-state index < -0.39 is 21.4 Å². The molecule has 2 heterocycles. The standard InChI is InChI=1S/C17H14N6O3S2/c1-10(24)9-28(25,26)17-15(19-14(20-17)12-7-5-4-6-8-12)21-22-16-13(18-3)11(2)23-27-16/h4-8H,9H2,1-2H3,(H,19,20)/b22-21+. The molecule has 28 heavy (non-hydrogen) atoms. The van der Waals surface area contributed by atoms with Crippen LogP contribution in [0.5, 0.6) is 0 Å². The van der Waals surface area contributed by atoms with Crippen molar-refractivity contribution in [3.05, 3.63) is 47.4 Å². The SMILES string of the molecule is [C-]#[N+]c1c(C)nsc1/N=N/c1nc(-c2ccccc2)[nH]c1S(=O)(=O)CC(C)=O. The van der Waals surface area contributed by atoms with Gasteiger partial charge in [-0.1, -0.05) is 30.3 Å². The molecule has 0 saturated carbocycles. The molecule has 0 aliphatic carbocycles. The molecule has 0 atom stereocenters. The predicted octanol–water partition coefficient (Wildman–Crippen LogP) is 4.17. The zero-order valence-corrected chi connectivity index (χ0v) is 16.5. The van der Waals surface area contributed by atoms with E-state index in [9.17, 15) is 13.2 Å². The summed E-state index contributed by atoms with van der Waals surface area (Å²) in [4.78, 5) is 21.7. The first-order valence-corrected chi connectivity index (χ1v) is 10.4. The number of Topliss-reactive ketones (excluding diaryl/α,β-unsaturated/α-hetero) is 1. The summed E-state index contributed by atoms with van der Waals surface area (Å²) >= 11 is 0.981. The lowest BCUT2D eigenvalue weighted by Gasteiger charge is -1.99. The molecule has 0 amide bonds. The minimum absolute atomic E-state index is 0.179. The molecule has 2 aromatic heterocycles. The van der Waals surface area contributed by atoms with Gasteiger partial charge in [0.15, 0.2) is 10.0 Å². The van der Waals surface area contributed by atoms with E-state index in [0.717, 1.165) is 11.5 Å². The predicted molar refractivity (Wildman–Crippen MR) is 104 cm³/mol. The Kier molecular flexibility index (Phi) is 5.43. The normalized spacial score (nSPS) is 11.6. The molecule has 0 aliphatic heterocycles. The fourth-order valence-corrected chi connectivity index (χ4v) is 4.31. The van der Waals surface area contributed by atoms with E-state index in [2.05, 4.69) is 29.4 Å². The number of aromatic amines is 1. The van der Waals surface area contributed by atoms with Gasteiger partial charge in [-0.3, -0.25) is 4.79 Å². The van der Waals surface area contributed by atoms with Gasteiger partial charge >= 0.3 is 0 Å². The van der Waals surface area contributed by atoms with Gasteiger partial charge in [0.1, 0.15) is 17.4 Å². The second-order valence-corrected chi connectivity index (χ2v) is 8.48. The maximum absolute atomic E-state index is 12.6. The summed E-state index contributed by atoms with van der Waals surface area (Å²) in [7, 11) is -3.99. The van der Waals surface area contributed by atoms with Crippen molar-refractivity contribution in [2.24, 2.45) is 10.2 Å². The number of H-pyrrole nitrogens is 1. The van der Waals surface area contributed by atoms with E-state index in [4.69, 9.17) is 6.57 Å². The van der Waals surface area contributed by atoms with Crippen molar-refractivity contribution in [1.29, 1.82) is 0 Å². The number of azo groups is 1. The largest absolute Gasteiger partial charge is 0.327 e. The van der Waals surface area contributed by atoms with E-state index in [0.29, 0.717) is 11.3 Å². The zero-order chi connectivity index (χ0) is 20.3. The summed E-state index contributed by atoms with van der Waals surface area (Å²) in [5.41, 5.74) is 1.42. The second-order valence-electron chi connectivity index (χ2n) is 5.80. The van der Waals surface area contributed by atoms with Gasteiger partial charge in [0.05, 0.1) is 12.3 Å². The van der Waals surface area contributed by atoms with Crippen LogP contribution in [-0.2, 0) is 14.6 Å². The molecule has 0 aliphatic rings. The third kappa shape index (κ3) is 4.03. The summed E-state index contributed by atoms with van der Waals surface area (Å²) in [6, 6.07) is 8.89.